The molecule has 0 saturated heterocycles. The van der Waals surface area contributed by atoms with Gasteiger partial charge in [-0.25, -0.2) is 0 Å². The Labute approximate surface area is 119 Å². The van der Waals surface area contributed by atoms with Crippen LogP contribution >= 0.6 is 0 Å². The monoisotopic (exact) mass is 271 g/mol. The summed E-state index contributed by atoms with van der Waals surface area (Å²) in [4.78, 5) is 0. The Balaban J connectivity index is 1.59. The molecule has 4 nitrogen and oxygen atoms in total. The molecule has 2 aromatic rings. The molecule has 1 aromatic carbocycles. The zero-order chi connectivity index (χ0) is 13.9. The molecule has 1 heterocycles. The van der Waals surface area contributed by atoms with E-state index in [9.17, 15) is 0 Å². The summed E-state index contributed by atoms with van der Waals surface area (Å²) in [5.41, 5.74) is 3.79. The predicted molar refractivity (Wildman–Crippen MR) is 77.7 cm³/mol. The second-order valence-corrected chi connectivity index (χ2v) is 5.67. The number of hydrogen-bond donors (Lipinski definition) is 1. The first-order valence-corrected chi connectivity index (χ1v) is 7.31. The van der Waals surface area contributed by atoms with Gasteiger partial charge in [0.25, 0.3) is 0 Å². The topological polar surface area (TPSA) is 51.0 Å². The summed E-state index contributed by atoms with van der Waals surface area (Å²) >= 11 is 0. The molecule has 3 rings (SSSR count). The first-order chi connectivity index (χ1) is 9.70. The molecule has 1 N–H and O–H groups in total. The molecule has 0 bridgehead atoms. The second kappa shape index (κ2) is 5.75. The Kier molecular flexibility index (Phi) is 3.83. The quantitative estimate of drug-likeness (QED) is 0.877. The average molecular weight is 271 g/mol. The van der Waals surface area contributed by atoms with Crippen LogP contribution in [0.4, 0.5) is 0 Å². The van der Waals surface area contributed by atoms with Gasteiger partial charge in [0, 0.05) is 19.0 Å². The van der Waals surface area contributed by atoms with Crippen molar-refractivity contribution >= 4 is 0 Å². The molecule has 0 amide bonds. The van der Waals surface area contributed by atoms with Crippen LogP contribution in [0.1, 0.15) is 41.3 Å². The molecule has 0 radical (unpaired) electrons. The molecule has 1 aromatic heterocycles. The van der Waals surface area contributed by atoms with Crippen LogP contribution in [0.2, 0.25) is 0 Å². The van der Waals surface area contributed by atoms with E-state index in [1.54, 1.807) is 0 Å². The molecule has 106 valence electrons. The number of benzene rings is 1. The standard InChI is InChI=1S/C16H21N3O/c1-11-3-4-12(2)13(9-11)10-16-19-18-15(20-16)7-8-17-14-5-6-14/h3-4,9,14,17H,5-8,10H2,1-2H3. The molecule has 0 unspecified atom stereocenters. The molecule has 20 heavy (non-hydrogen) atoms. The second-order valence-electron chi connectivity index (χ2n) is 5.67. The lowest BCUT2D eigenvalue weighted by Crippen LogP contribution is -2.19. The fourth-order valence-corrected chi connectivity index (χ4v) is 2.29. The molecule has 4 heteroatoms. The van der Waals surface area contributed by atoms with Crippen molar-refractivity contribution in [3.8, 4) is 0 Å². The lowest BCUT2D eigenvalue weighted by molar-refractivity contribution is 0.451. The maximum absolute atomic E-state index is 5.72. The van der Waals surface area contributed by atoms with Crippen molar-refractivity contribution in [2.75, 3.05) is 6.54 Å². The summed E-state index contributed by atoms with van der Waals surface area (Å²) in [5.74, 6) is 1.44. The zero-order valence-corrected chi connectivity index (χ0v) is 12.1. The third kappa shape index (κ3) is 3.45. The maximum atomic E-state index is 5.72. The fourth-order valence-electron chi connectivity index (χ4n) is 2.29. The maximum Gasteiger partial charge on any atom is 0.220 e. The molecule has 0 spiro atoms. The van der Waals surface area contributed by atoms with Gasteiger partial charge >= 0.3 is 0 Å². The van der Waals surface area contributed by atoms with Gasteiger partial charge in [0.1, 0.15) is 0 Å². The highest BCUT2D eigenvalue weighted by Crippen LogP contribution is 2.18. The summed E-state index contributed by atoms with van der Waals surface area (Å²) in [7, 11) is 0. The Morgan fingerprint density at radius 3 is 2.80 bits per heavy atom. The molecule has 0 atom stereocenters. The highest BCUT2D eigenvalue weighted by atomic mass is 16.4. The minimum Gasteiger partial charge on any atom is -0.425 e. The highest BCUT2D eigenvalue weighted by molar-refractivity contribution is 5.32. The van der Waals surface area contributed by atoms with E-state index >= 15 is 0 Å². The average Bonchev–Trinajstić information content (AvgIpc) is 3.14. The van der Waals surface area contributed by atoms with E-state index in [0.29, 0.717) is 5.89 Å². The number of rotatable bonds is 6. The van der Waals surface area contributed by atoms with E-state index in [2.05, 4.69) is 47.6 Å². The van der Waals surface area contributed by atoms with Gasteiger partial charge in [-0.15, -0.1) is 10.2 Å². The van der Waals surface area contributed by atoms with Gasteiger partial charge < -0.3 is 9.73 Å². The number of aromatic nitrogens is 2. The van der Waals surface area contributed by atoms with Crippen molar-refractivity contribution < 1.29 is 4.42 Å². The highest BCUT2D eigenvalue weighted by Gasteiger charge is 2.20. The number of aryl methyl sites for hydroxylation is 2. The summed E-state index contributed by atoms with van der Waals surface area (Å²) in [6, 6.07) is 7.18. The first-order valence-electron chi connectivity index (χ1n) is 7.31. The van der Waals surface area contributed by atoms with Crippen LogP contribution < -0.4 is 5.32 Å². The lowest BCUT2D eigenvalue weighted by atomic mass is 10.0. The molecule has 1 aliphatic rings. The van der Waals surface area contributed by atoms with Crippen molar-refractivity contribution in [3.63, 3.8) is 0 Å². The largest absolute Gasteiger partial charge is 0.425 e. The van der Waals surface area contributed by atoms with Gasteiger partial charge in [-0.3, -0.25) is 0 Å². The van der Waals surface area contributed by atoms with Gasteiger partial charge in [0.15, 0.2) is 0 Å². The third-order valence-corrected chi connectivity index (χ3v) is 3.70. The van der Waals surface area contributed by atoms with E-state index in [1.807, 2.05) is 0 Å². The van der Waals surface area contributed by atoms with Crippen LogP contribution in [0, 0.1) is 13.8 Å². The Morgan fingerprint density at radius 1 is 1.20 bits per heavy atom. The normalized spacial score (nSPS) is 14.7. The Hall–Kier alpha value is -1.68. The van der Waals surface area contributed by atoms with E-state index < -0.39 is 0 Å². The molecular weight excluding hydrogens is 250 g/mol. The minimum atomic E-state index is 0.708. The number of hydrogen-bond acceptors (Lipinski definition) is 4. The van der Waals surface area contributed by atoms with Crippen molar-refractivity contribution in [1.82, 2.24) is 15.5 Å². The van der Waals surface area contributed by atoms with E-state index in [1.165, 1.54) is 29.5 Å². The molecule has 1 fully saturated rings. The third-order valence-electron chi connectivity index (χ3n) is 3.70. The SMILES string of the molecule is Cc1ccc(C)c(Cc2nnc(CCNC3CC3)o2)c1. The summed E-state index contributed by atoms with van der Waals surface area (Å²) < 4.78 is 5.72. The van der Waals surface area contributed by atoms with Crippen molar-refractivity contribution in [2.24, 2.45) is 0 Å². The minimum absolute atomic E-state index is 0.708. The van der Waals surface area contributed by atoms with Crippen molar-refractivity contribution in [2.45, 2.75) is 45.6 Å². The summed E-state index contributed by atoms with van der Waals surface area (Å²) in [6.45, 7) is 5.15. The van der Waals surface area contributed by atoms with Gasteiger partial charge in [-0.2, -0.15) is 0 Å². The van der Waals surface area contributed by atoms with Crippen LogP contribution in [0.5, 0.6) is 0 Å². The number of nitrogens with zero attached hydrogens (tertiary/aromatic N) is 2. The zero-order valence-electron chi connectivity index (χ0n) is 12.1. The molecule has 0 aliphatic heterocycles. The lowest BCUT2D eigenvalue weighted by Gasteiger charge is -2.04. The fraction of sp³-hybridized carbons (Fsp3) is 0.500. The summed E-state index contributed by atoms with van der Waals surface area (Å²) in [5, 5.41) is 11.7. The van der Waals surface area contributed by atoms with Gasteiger partial charge in [-0.05, 0) is 37.8 Å². The van der Waals surface area contributed by atoms with E-state index in [-0.39, 0.29) is 0 Å². The van der Waals surface area contributed by atoms with Crippen LogP contribution in [0.25, 0.3) is 0 Å². The van der Waals surface area contributed by atoms with Crippen molar-refractivity contribution in [3.05, 3.63) is 46.7 Å². The smallest absolute Gasteiger partial charge is 0.220 e. The first kappa shape index (κ1) is 13.3. The Bertz CT molecular complexity index is 587. The van der Waals surface area contributed by atoms with Gasteiger partial charge in [0.2, 0.25) is 11.8 Å². The predicted octanol–water partition coefficient (Wildman–Crippen LogP) is 2.57. The van der Waals surface area contributed by atoms with Crippen LogP contribution in [0.15, 0.2) is 22.6 Å². The van der Waals surface area contributed by atoms with E-state index in [4.69, 9.17) is 4.42 Å². The van der Waals surface area contributed by atoms with Crippen molar-refractivity contribution in [1.29, 1.82) is 0 Å². The van der Waals surface area contributed by atoms with Gasteiger partial charge in [-0.1, -0.05) is 23.8 Å². The van der Waals surface area contributed by atoms with Crippen LogP contribution in [0.3, 0.4) is 0 Å². The Morgan fingerprint density at radius 2 is 2.00 bits per heavy atom. The van der Waals surface area contributed by atoms with E-state index in [0.717, 1.165) is 31.3 Å². The summed E-state index contributed by atoms with van der Waals surface area (Å²) in [6.07, 6.45) is 4.15. The molecule has 1 saturated carbocycles. The molecular formula is C16H21N3O. The molecule has 1 aliphatic carbocycles. The number of nitrogens with one attached hydrogen (secondary N) is 1. The van der Waals surface area contributed by atoms with Crippen LogP contribution in [-0.2, 0) is 12.8 Å². The van der Waals surface area contributed by atoms with Crippen LogP contribution in [-0.4, -0.2) is 22.8 Å². The van der Waals surface area contributed by atoms with Gasteiger partial charge in [0.05, 0.1) is 6.42 Å².